The normalized spacial score (nSPS) is 26.8. The molecule has 0 radical (unpaired) electrons. The summed E-state index contributed by atoms with van der Waals surface area (Å²) in [6, 6.07) is 17.4. The topological polar surface area (TPSA) is 119 Å². The van der Waals surface area contributed by atoms with Crippen LogP contribution < -0.4 is 15.5 Å². The number of carbonyl (C=O) groups is 3. The average molecular weight is 490 g/mol. The first kappa shape index (κ1) is 21.6. The molecule has 3 aromatic carbocycles. The van der Waals surface area contributed by atoms with Gasteiger partial charge in [-0.05, 0) is 54.4 Å². The zero-order valence-electron chi connectivity index (χ0n) is 18.2. The Labute approximate surface area is 205 Å². The second-order valence-electron chi connectivity index (χ2n) is 9.08. The fourth-order valence-corrected chi connectivity index (χ4v) is 5.85. The van der Waals surface area contributed by atoms with Crippen LogP contribution in [0.1, 0.15) is 11.1 Å². The smallest absolute Gasteiger partial charge is 0.250 e. The summed E-state index contributed by atoms with van der Waals surface area (Å²) in [6.07, 6.45) is 0.250. The van der Waals surface area contributed by atoms with Crippen molar-refractivity contribution in [3.05, 3.63) is 82.9 Å². The third-order valence-corrected chi connectivity index (χ3v) is 7.45. The van der Waals surface area contributed by atoms with Crippen LogP contribution in [-0.2, 0) is 26.3 Å². The summed E-state index contributed by atoms with van der Waals surface area (Å²) >= 11 is 6.01. The first-order valence-corrected chi connectivity index (χ1v) is 11.5. The van der Waals surface area contributed by atoms with Crippen molar-refractivity contribution >= 4 is 40.7 Å². The Balaban J connectivity index is 1.48. The quantitative estimate of drug-likeness (QED) is 0.332. The Morgan fingerprint density at radius 1 is 0.914 bits per heavy atom. The summed E-state index contributed by atoms with van der Waals surface area (Å²) in [6.45, 7) is 0. The van der Waals surface area contributed by atoms with E-state index in [0.717, 1.165) is 4.90 Å². The number of aromatic hydroxyl groups is 2. The van der Waals surface area contributed by atoms with Gasteiger partial charge in [0.2, 0.25) is 17.7 Å². The van der Waals surface area contributed by atoms with Gasteiger partial charge in [0.15, 0.2) is 11.5 Å². The number of halogens is 1. The highest BCUT2D eigenvalue weighted by Gasteiger charge is 2.70. The van der Waals surface area contributed by atoms with Crippen LogP contribution in [0.25, 0.3) is 0 Å². The molecule has 2 unspecified atom stereocenters. The van der Waals surface area contributed by atoms with Crippen LogP contribution >= 0.6 is 11.6 Å². The number of phenols is 2. The van der Waals surface area contributed by atoms with Crippen LogP contribution in [0.5, 0.6) is 11.5 Å². The number of imide groups is 1. The van der Waals surface area contributed by atoms with Crippen molar-refractivity contribution < 1.29 is 24.6 Å². The predicted molar refractivity (Wildman–Crippen MR) is 128 cm³/mol. The summed E-state index contributed by atoms with van der Waals surface area (Å²) in [4.78, 5) is 42.3. The molecule has 1 spiro atoms. The lowest BCUT2D eigenvalue weighted by Gasteiger charge is -2.29. The van der Waals surface area contributed by atoms with Crippen LogP contribution in [0.15, 0.2) is 66.7 Å². The molecule has 4 N–H and O–H groups in total. The van der Waals surface area contributed by atoms with E-state index in [9.17, 15) is 24.6 Å². The number of nitrogens with zero attached hydrogens (tertiary/aromatic N) is 1. The third-order valence-electron chi connectivity index (χ3n) is 7.20. The highest BCUT2D eigenvalue weighted by Crippen LogP contribution is 2.54. The molecule has 3 aromatic rings. The van der Waals surface area contributed by atoms with Crippen molar-refractivity contribution in [1.29, 1.82) is 0 Å². The van der Waals surface area contributed by atoms with Crippen LogP contribution in [0.4, 0.5) is 11.4 Å². The minimum absolute atomic E-state index is 0.250. The Morgan fingerprint density at radius 2 is 1.66 bits per heavy atom. The molecule has 3 amide bonds. The van der Waals surface area contributed by atoms with Gasteiger partial charge in [-0.3, -0.25) is 19.7 Å². The first-order valence-electron chi connectivity index (χ1n) is 11.1. The van der Waals surface area contributed by atoms with Crippen LogP contribution in [0.2, 0.25) is 5.02 Å². The van der Waals surface area contributed by atoms with Gasteiger partial charge in [-0.25, -0.2) is 4.90 Å². The number of carbonyl (C=O) groups excluding carboxylic acids is 3. The van der Waals surface area contributed by atoms with E-state index in [1.807, 2.05) is 0 Å². The Kier molecular flexibility index (Phi) is 4.67. The lowest BCUT2D eigenvalue weighted by molar-refractivity contribution is -0.130. The van der Waals surface area contributed by atoms with E-state index in [-0.39, 0.29) is 23.8 Å². The van der Waals surface area contributed by atoms with E-state index in [4.69, 9.17) is 11.6 Å². The number of nitrogens with one attached hydrogen (secondary N) is 2. The van der Waals surface area contributed by atoms with Crippen molar-refractivity contribution in [2.45, 2.75) is 18.0 Å². The summed E-state index contributed by atoms with van der Waals surface area (Å²) in [5, 5.41) is 26.4. The third kappa shape index (κ3) is 3.00. The van der Waals surface area contributed by atoms with Gasteiger partial charge >= 0.3 is 0 Å². The molecule has 3 aliphatic heterocycles. The molecular formula is C26H20ClN3O5. The zero-order chi connectivity index (χ0) is 24.5. The molecule has 35 heavy (non-hydrogen) atoms. The maximum atomic E-state index is 13.9. The summed E-state index contributed by atoms with van der Waals surface area (Å²) in [5.41, 5.74) is 0.831. The van der Waals surface area contributed by atoms with E-state index < -0.39 is 35.2 Å². The molecule has 9 heteroatoms. The standard InChI is InChI=1S/C26H20ClN3O5/c27-14-6-8-15(9-7-14)30-23(33)21-18(11-13-5-10-19(31)20(32)12-13)29-26(22(21)24(30)34)16-3-1-2-4-17(16)28-25(26)35/h1-10,12,18,21-22,29,31-32H,11H2,(H,28,35)/t18?,21-,22+,26?/m1/s1. The molecule has 3 heterocycles. The zero-order valence-corrected chi connectivity index (χ0v) is 19.0. The number of rotatable bonds is 3. The number of hydrogen-bond acceptors (Lipinski definition) is 6. The van der Waals surface area contributed by atoms with Gasteiger partial charge < -0.3 is 15.5 Å². The first-order chi connectivity index (χ1) is 16.8. The summed E-state index contributed by atoms with van der Waals surface area (Å²) in [7, 11) is 0. The van der Waals surface area contributed by atoms with Gasteiger partial charge in [0.1, 0.15) is 5.54 Å². The second kappa shape index (κ2) is 7.56. The second-order valence-corrected chi connectivity index (χ2v) is 9.51. The van der Waals surface area contributed by atoms with Crippen LogP contribution in [0.3, 0.4) is 0 Å². The van der Waals surface area contributed by atoms with Crippen molar-refractivity contribution in [2.75, 3.05) is 10.2 Å². The van der Waals surface area contributed by atoms with Gasteiger partial charge in [0, 0.05) is 22.3 Å². The summed E-state index contributed by atoms with van der Waals surface area (Å²) in [5.74, 6) is -3.59. The summed E-state index contributed by atoms with van der Waals surface area (Å²) < 4.78 is 0. The van der Waals surface area contributed by atoms with Crippen molar-refractivity contribution in [1.82, 2.24) is 5.32 Å². The number of hydrogen-bond donors (Lipinski definition) is 4. The molecule has 2 fully saturated rings. The van der Waals surface area contributed by atoms with E-state index in [1.54, 1.807) is 54.6 Å². The molecule has 8 nitrogen and oxygen atoms in total. The molecule has 6 rings (SSSR count). The highest BCUT2D eigenvalue weighted by molar-refractivity contribution is 6.31. The van der Waals surface area contributed by atoms with Crippen molar-refractivity contribution in [3.8, 4) is 11.5 Å². The largest absolute Gasteiger partial charge is 0.504 e. The Bertz CT molecular complexity index is 1410. The molecule has 0 aliphatic carbocycles. The van der Waals surface area contributed by atoms with E-state index in [2.05, 4.69) is 10.6 Å². The van der Waals surface area contributed by atoms with Crippen molar-refractivity contribution in [2.24, 2.45) is 11.8 Å². The van der Waals surface area contributed by atoms with E-state index in [1.165, 1.54) is 12.1 Å². The number of anilines is 2. The minimum atomic E-state index is -1.42. The SMILES string of the molecule is O=C1[C@@H]2C(Cc3ccc(O)c(O)c3)NC3(C(=O)Nc4ccccc43)[C@@H]2C(=O)N1c1ccc(Cl)cc1. The fourth-order valence-electron chi connectivity index (χ4n) is 5.73. The number of para-hydroxylation sites is 1. The van der Waals surface area contributed by atoms with Crippen molar-refractivity contribution in [3.63, 3.8) is 0 Å². The van der Waals surface area contributed by atoms with Gasteiger partial charge in [0.25, 0.3) is 0 Å². The molecule has 3 aliphatic rings. The minimum Gasteiger partial charge on any atom is -0.504 e. The predicted octanol–water partition coefficient (Wildman–Crippen LogP) is 2.92. The number of fused-ring (bicyclic) bond motifs is 4. The molecule has 0 aromatic heterocycles. The maximum Gasteiger partial charge on any atom is 0.250 e. The molecule has 0 saturated carbocycles. The number of phenolic OH excluding ortho intramolecular Hbond substituents is 2. The molecule has 4 atom stereocenters. The van der Waals surface area contributed by atoms with Crippen LogP contribution in [0, 0.1) is 11.8 Å². The van der Waals surface area contributed by atoms with E-state index in [0.29, 0.717) is 27.5 Å². The van der Waals surface area contributed by atoms with Gasteiger partial charge in [-0.15, -0.1) is 0 Å². The lowest BCUT2D eigenvalue weighted by Crippen LogP contribution is -2.53. The Morgan fingerprint density at radius 3 is 2.40 bits per heavy atom. The lowest BCUT2D eigenvalue weighted by atomic mass is 9.76. The highest BCUT2D eigenvalue weighted by atomic mass is 35.5. The number of amides is 3. The molecule has 2 saturated heterocycles. The van der Waals surface area contributed by atoms with E-state index >= 15 is 0 Å². The average Bonchev–Trinajstić information content (AvgIpc) is 3.42. The monoisotopic (exact) mass is 489 g/mol. The number of benzene rings is 3. The maximum absolute atomic E-state index is 13.9. The van der Waals surface area contributed by atoms with Crippen LogP contribution in [-0.4, -0.2) is 34.0 Å². The Hall–Kier alpha value is -3.88. The molecular weight excluding hydrogens is 470 g/mol. The van der Waals surface area contributed by atoms with Gasteiger partial charge in [0.05, 0.1) is 17.5 Å². The van der Waals surface area contributed by atoms with Gasteiger partial charge in [-0.1, -0.05) is 35.9 Å². The fraction of sp³-hybridized carbons (Fsp3) is 0.192. The molecule has 0 bridgehead atoms. The van der Waals surface area contributed by atoms with Gasteiger partial charge in [-0.2, -0.15) is 0 Å². The molecule has 176 valence electrons.